The van der Waals surface area contributed by atoms with Crippen LogP contribution >= 0.6 is 0 Å². The molecular weight excluding hydrogens is 312 g/mol. The minimum Gasteiger partial charge on any atom is -0.366 e. The van der Waals surface area contributed by atoms with Crippen LogP contribution < -0.4 is 0 Å². The number of carbonyl (C=O) groups is 2. The van der Waals surface area contributed by atoms with Gasteiger partial charge in [-0.25, -0.2) is 0 Å². The number of fused-ring (bicyclic) bond motifs is 6. The summed E-state index contributed by atoms with van der Waals surface area (Å²) in [6.45, 7) is 5.41. The molecule has 0 aromatic heterocycles. The average molecular weight is 342 g/mol. The van der Waals surface area contributed by atoms with Crippen LogP contribution in [0.5, 0.6) is 0 Å². The Bertz CT molecular complexity index is 679. The second-order valence-corrected chi connectivity index (χ2v) is 9.81. The van der Waals surface area contributed by atoms with Crippen molar-refractivity contribution in [3.05, 3.63) is 11.6 Å². The van der Waals surface area contributed by atoms with Crippen molar-refractivity contribution in [2.75, 3.05) is 6.61 Å². The molecule has 1 saturated heterocycles. The summed E-state index contributed by atoms with van der Waals surface area (Å²) in [6, 6.07) is 0. The van der Waals surface area contributed by atoms with Crippen molar-refractivity contribution in [3.63, 3.8) is 0 Å². The Morgan fingerprint density at radius 1 is 0.960 bits per heavy atom. The maximum Gasteiger partial charge on any atom is 0.167 e. The number of carbonyl (C=O) groups excluding carboxylic acids is 2. The van der Waals surface area contributed by atoms with E-state index in [1.807, 2.05) is 6.08 Å². The van der Waals surface area contributed by atoms with E-state index in [1.54, 1.807) is 0 Å². The van der Waals surface area contributed by atoms with E-state index in [-0.39, 0.29) is 10.8 Å². The summed E-state index contributed by atoms with van der Waals surface area (Å²) in [5, 5.41) is 0. The van der Waals surface area contributed by atoms with Gasteiger partial charge in [0.2, 0.25) is 0 Å². The number of rotatable bonds is 0. The highest BCUT2D eigenvalue weighted by Crippen LogP contribution is 2.69. The molecule has 25 heavy (non-hydrogen) atoms. The molecule has 0 amide bonds. The van der Waals surface area contributed by atoms with Crippen LogP contribution in [0.25, 0.3) is 0 Å². The highest BCUT2D eigenvalue weighted by Gasteiger charge is 2.68. The third-order valence-electron chi connectivity index (χ3n) is 9.21. The van der Waals surface area contributed by atoms with Gasteiger partial charge < -0.3 is 4.74 Å². The number of allylic oxidation sites excluding steroid dienone is 1. The van der Waals surface area contributed by atoms with Gasteiger partial charge in [0.15, 0.2) is 11.6 Å². The molecule has 136 valence electrons. The maximum absolute atomic E-state index is 12.8. The third kappa shape index (κ3) is 1.86. The Balaban J connectivity index is 1.51. The number of hydrogen-bond donors (Lipinski definition) is 0. The fourth-order valence-corrected chi connectivity index (χ4v) is 7.85. The Morgan fingerprint density at radius 3 is 2.52 bits per heavy atom. The lowest BCUT2D eigenvalue weighted by molar-refractivity contribution is -0.158. The van der Waals surface area contributed by atoms with Crippen molar-refractivity contribution in [1.82, 2.24) is 0 Å². The monoisotopic (exact) mass is 342 g/mol. The molecule has 3 saturated carbocycles. The van der Waals surface area contributed by atoms with Gasteiger partial charge in [0.05, 0.1) is 6.61 Å². The molecule has 5 rings (SSSR count). The van der Waals surface area contributed by atoms with Gasteiger partial charge in [0.25, 0.3) is 0 Å². The van der Waals surface area contributed by atoms with E-state index in [2.05, 4.69) is 13.8 Å². The molecule has 3 nitrogen and oxygen atoms in total. The number of ether oxygens (including phenoxy) is 1. The van der Waals surface area contributed by atoms with Gasteiger partial charge in [0.1, 0.15) is 5.60 Å². The molecule has 0 aromatic carbocycles. The summed E-state index contributed by atoms with van der Waals surface area (Å²) in [5.74, 6) is 2.71. The normalized spacial score (nSPS) is 51.9. The Morgan fingerprint density at radius 2 is 1.76 bits per heavy atom. The predicted molar refractivity (Wildman–Crippen MR) is 95.0 cm³/mol. The van der Waals surface area contributed by atoms with Crippen LogP contribution in [0.2, 0.25) is 0 Å². The SMILES string of the molecule is C[C@]12CCC(=O)C=C1CC[C@@H]1[C@@H]2CC[C@@]2(C)[C@H]1CC[C@]21OCCC1=O. The third-order valence-corrected chi connectivity index (χ3v) is 9.21. The van der Waals surface area contributed by atoms with Crippen LogP contribution in [0.1, 0.15) is 71.6 Å². The molecule has 0 N–H and O–H groups in total. The second kappa shape index (κ2) is 5.06. The molecule has 0 bridgehead atoms. The molecule has 0 radical (unpaired) electrons. The van der Waals surface area contributed by atoms with Crippen molar-refractivity contribution >= 4 is 11.6 Å². The van der Waals surface area contributed by atoms with Gasteiger partial charge >= 0.3 is 0 Å². The molecule has 6 atom stereocenters. The predicted octanol–water partition coefficient (Wildman–Crippen LogP) is 4.25. The molecule has 0 unspecified atom stereocenters. The van der Waals surface area contributed by atoms with E-state index >= 15 is 0 Å². The molecular formula is C22H30O3. The zero-order valence-corrected chi connectivity index (χ0v) is 15.6. The quantitative estimate of drug-likeness (QED) is 0.661. The van der Waals surface area contributed by atoms with Crippen molar-refractivity contribution in [2.24, 2.45) is 28.6 Å². The van der Waals surface area contributed by atoms with E-state index in [4.69, 9.17) is 4.74 Å². The first kappa shape index (κ1) is 16.2. The standard InChI is InChI=1S/C22H30O3/c1-20-9-5-15(23)13-14(20)3-4-16-17(20)6-10-21(2)18(16)7-11-22(21)19(24)8-12-25-22/h13,16-18H,3-12H2,1-2H3/t16-,17+,18+,20+,21+,22-/m1/s1. The first-order valence-corrected chi connectivity index (χ1v) is 10.3. The van der Waals surface area contributed by atoms with Crippen LogP contribution in [0.15, 0.2) is 11.6 Å². The smallest absolute Gasteiger partial charge is 0.167 e. The fourth-order valence-electron chi connectivity index (χ4n) is 7.85. The zero-order valence-electron chi connectivity index (χ0n) is 15.6. The molecule has 4 fully saturated rings. The van der Waals surface area contributed by atoms with Crippen molar-refractivity contribution in [2.45, 2.75) is 77.2 Å². The highest BCUT2D eigenvalue weighted by molar-refractivity contribution is 5.92. The van der Waals surface area contributed by atoms with E-state index < -0.39 is 5.60 Å². The summed E-state index contributed by atoms with van der Waals surface area (Å²) in [4.78, 5) is 24.7. The van der Waals surface area contributed by atoms with E-state index in [1.165, 1.54) is 18.4 Å². The second-order valence-electron chi connectivity index (χ2n) is 9.81. The molecule has 1 spiro atoms. The van der Waals surface area contributed by atoms with Gasteiger partial charge in [-0.15, -0.1) is 0 Å². The average Bonchev–Trinajstić information content (AvgIpc) is 3.10. The Kier molecular flexibility index (Phi) is 3.28. The van der Waals surface area contributed by atoms with Crippen LogP contribution in [0.3, 0.4) is 0 Å². The van der Waals surface area contributed by atoms with Gasteiger partial charge in [0, 0.05) is 18.3 Å². The summed E-state index contributed by atoms with van der Waals surface area (Å²) >= 11 is 0. The zero-order chi connectivity index (χ0) is 17.4. The number of Topliss-reactive ketones (excluding diaryl/α,β-unsaturated/α-hetero) is 1. The topological polar surface area (TPSA) is 43.4 Å². The lowest BCUT2D eigenvalue weighted by Crippen LogP contribution is -2.56. The minimum absolute atomic E-state index is 0.0316. The maximum atomic E-state index is 12.8. The van der Waals surface area contributed by atoms with E-state index in [9.17, 15) is 9.59 Å². The Labute approximate surface area is 150 Å². The molecule has 1 aliphatic heterocycles. The lowest BCUT2D eigenvalue weighted by atomic mass is 9.46. The molecule has 0 aromatic rings. The van der Waals surface area contributed by atoms with Gasteiger partial charge in [-0.3, -0.25) is 9.59 Å². The minimum atomic E-state index is -0.470. The molecule has 4 aliphatic carbocycles. The largest absolute Gasteiger partial charge is 0.366 e. The van der Waals surface area contributed by atoms with Crippen molar-refractivity contribution in [1.29, 1.82) is 0 Å². The van der Waals surface area contributed by atoms with Crippen LogP contribution in [-0.4, -0.2) is 23.8 Å². The van der Waals surface area contributed by atoms with Crippen molar-refractivity contribution in [3.8, 4) is 0 Å². The first-order valence-electron chi connectivity index (χ1n) is 10.3. The van der Waals surface area contributed by atoms with Gasteiger partial charge in [-0.05, 0) is 74.2 Å². The molecule has 5 aliphatic rings. The molecule has 3 heteroatoms. The summed E-state index contributed by atoms with van der Waals surface area (Å²) < 4.78 is 6.21. The first-order chi connectivity index (χ1) is 11.9. The lowest BCUT2D eigenvalue weighted by Gasteiger charge is -2.59. The van der Waals surface area contributed by atoms with Crippen LogP contribution in [0, 0.1) is 28.6 Å². The Hall–Kier alpha value is -0.960. The number of ketones is 2. The summed E-state index contributed by atoms with van der Waals surface area (Å²) in [7, 11) is 0. The van der Waals surface area contributed by atoms with Crippen molar-refractivity contribution < 1.29 is 14.3 Å². The molecule has 1 heterocycles. The summed E-state index contributed by atoms with van der Waals surface area (Å²) in [6.07, 6.45) is 11.0. The van der Waals surface area contributed by atoms with Gasteiger partial charge in [-0.1, -0.05) is 19.4 Å². The van der Waals surface area contributed by atoms with E-state index in [0.717, 1.165) is 38.5 Å². The van der Waals surface area contributed by atoms with Crippen LogP contribution in [0.4, 0.5) is 0 Å². The van der Waals surface area contributed by atoms with Crippen LogP contribution in [-0.2, 0) is 14.3 Å². The van der Waals surface area contributed by atoms with Gasteiger partial charge in [-0.2, -0.15) is 0 Å². The summed E-state index contributed by atoms with van der Waals surface area (Å²) in [5.41, 5.74) is 1.20. The van der Waals surface area contributed by atoms with E-state index in [0.29, 0.717) is 42.3 Å². The fraction of sp³-hybridized carbons (Fsp3) is 0.818. The number of hydrogen-bond acceptors (Lipinski definition) is 3. The highest BCUT2D eigenvalue weighted by atomic mass is 16.5.